The van der Waals surface area contributed by atoms with Crippen LogP contribution in [0.4, 0.5) is 0 Å². The molecule has 0 saturated carbocycles. The van der Waals surface area contributed by atoms with E-state index in [1.54, 1.807) is 0 Å². The van der Waals surface area contributed by atoms with Crippen molar-refractivity contribution in [1.82, 2.24) is 0 Å². The Labute approximate surface area is 288 Å². The van der Waals surface area contributed by atoms with E-state index in [1.807, 2.05) is 47.0 Å². The Morgan fingerprint density at radius 3 is 0.725 bits per heavy atom. The van der Waals surface area contributed by atoms with Crippen molar-refractivity contribution in [3.8, 4) is 0 Å². The van der Waals surface area contributed by atoms with Crippen LogP contribution in [0.5, 0.6) is 0 Å². The van der Waals surface area contributed by atoms with Gasteiger partial charge < -0.3 is 0 Å². The first-order chi connectivity index (χ1) is 19.4. The van der Waals surface area contributed by atoms with E-state index in [0.29, 0.717) is 0 Å². The molecule has 8 aliphatic rings. The van der Waals surface area contributed by atoms with Crippen molar-refractivity contribution in [2.75, 3.05) is 0 Å². The van der Waals surface area contributed by atoms with Crippen LogP contribution in [0.15, 0.2) is 90.7 Å². The highest BCUT2D eigenvalue weighted by atomic mass is 79.9. The maximum absolute atomic E-state index is 3.71. The van der Waals surface area contributed by atoms with Gasteiger partial charge in [0.25, 0.3) is 0 Å². The minimum Gasteiger partial charge on any atom is -0.152 e. The van der Waals surface area contributed by atoms with E-state index < -0.39 is 0 Å². The molecule has 12 rings (SSSR count). The van der Waals surface area contributed by atoms with E-state index in [2.05, 4.69) is 137 Å². The molecule has 0 saturated heterocycles. The van der Waals surface area contributed by atoms with Gasteiger partial charge in [0.1, 0.15) is 0 Å². The summed E-state index contributed by atoms with van der Waals surface area (Å²) in [6.45, 7) is 0. The molecule has 0 spiro atoms. The molecule has 0 unspecified atom stereocenters. The van der Waals surface area contributed by atoms with Gasteiger partial charge >= 0.3 is 0 Å². The van der Waals surface area contributed by atoms with Gasteiger partial charge in [-0.3, -0.25) is 0 Å². The van der Waals surface area contributed by atoms with Crippen LogP contribution in [0.3, 0.4) is 0 Å². The van der Waals surface area contributed by atoms with E-state index in [1.165, 1.54) is 62.4 Å². The molecular weight excluding hydrogens is 832 g/mol. The third-order valence-corrected chi connectivity index (χ3v) is 13.7. The standard InChI is InChI=1S/2C16H14Br2S2/c2*17-15-6-14-10-20-8-12-2-1-11(3-4-12)7-19-9-13(15)5-16(14)18/h2*1-6H,7-10H2. The maximum atomic E-state index is 3.71. The summed E-state index contributed by atoms with van der Waals surface area (Å²) in [5, 5.41) is 0. The van der Waals surface area contributed by atoms with Crippen LogP contribution >= 0.6 is 111 Å². The summed E-state index contributed by atoms with van der Waals surface area (Å²) < 4.78 is 4.93. The first-order valence-electron chi connectivity index (χ1n) is 12.8. The molecule has 208 valence electrons. The van der Waals surface area contributed by atoms with Crippen molar-refractivity contribution >= 4 is 111 Å². The molecule has 0 amide bonds. The zero-order chi connectivity index (χ0) is 27.9. The molecule has 0 aromatic heterocycles. The molecule has 8 heteroatoms. The molecule has 0 aliphatic carbocycles. The predicted molar refractivity (Wildman–Crippen MR) is 197 cm³/mol. The fourth-order valence-electron chi connectivity index (χ4n) is 4.28. The van der Waals surface area contributed by atoms with Gasteiger partial charge in [0, 0.05) is 63.9 Å². The van der Waals surface area contributed by atoms with Gasteiger partial charge in [-0.1, -0.05) is 112 Å². The van der Waals surface area contributed by atoms with Gasteiger partial charge in [-0.25, -0.2) is 0 Å². The summed E-state index contributed by atoms with van der Waals surface area (Å²) in [7, 11) is 0. The molecule has 8 aliphatic heterocycles. The van der Waals surface area contributed by atoms with Crippen molar-refractivity contribution < 1.29 is 0 Å². The van der Waals surface area contributed by atoms with Gasteiger partial charge in [-0.05, 0) is 68.8 Å². The molecular formula is C32H28Br4S4. The highest BCUT2D eigenvalue weighted by molar-refractivity contribution is 9.11. The molecule has 0 atom stereocenters. The quantitative estimate of drug-likeness (QED) is 0.173. The van der Waals surface area contributed by atoms with Crippen LogP contribution in [-0.4, -0.2) is 0 Å². The van der Waals surface area contributed by atoms with Crippen molar-refractivity contribution in [3.63, 3.8) is 0 Å². The third kappa shape index (κ3) is 9.10. The largest absolute Gasteiger partial charge is 0.152 e. The van der Waals surface area contributed by atoms with Gasteiger partial charge in [-0.15, -0.1) is 0 Å². The molecule has 4 aromatic carbocycles. The molecule has 8 bridgehead atoms. The molecule has 0 fully saturated rings. The molecule has 40 heavy (non-hydrogen) atoms. The molecule has 0 nitrogen and oxygen atoms in total. The minimum atomic E-state index is 1.04. The summed E-state index contributed by atoms with van der Waals surface area (Å²) in [5.74, 6) is 8.42. The van der Waals surface area contributed by atoms with Crippen LogP contribution in [0, 0.1) is 0 Å². The second kappa shape index (κ2) is 15.8. The topological polar surface area (TPSA) is 0 Å². The Morgan fingerprint density at radius 2 is 0.525 bits per heavy atom. The average Bonchev–Trinajstić information content (AvgIpc) is 2.95. The summed E-state index contributed by atoms with van der Waals surface area (Å²) >= 11 is 22.7. The average molecular weight is 860 g/mol. The maximum Gasteiger partial charge on any atom is 0.0219 e. The van der Waals surface area contributed by atoms with Crippen LogP contribution in [0.2, 0.25) is 0 Å². The van der Waals surface area contributed by atoms with Gasteiger partial charge in [0.15, 0.2) is 0 Å². The minimum absolute atomic E-state index is 1.04. The lowest BCUT2D eigenvalue weighted by atomic mass is 10.2. The summed E-state index contributed by atoms with van der Waals surface area (Å²) in [6.07, 6.45) is 0. The first kappa shape index (κ1) is 31.6. The third-order valence-electron chi connectivity index (χ3n) is 6.58. The predicted octanol–water partition coefficient (Wildman–Crippen LogP) is 12.8. The second-order valence-corrected chi connectivity index (χ2v) is 17.0. The molecule has 0 radical (unpaired) electrons. The number of thioether (sulfide) groups is 4. The monoisotopic (exact) mass is 856 g/mol. The Hall–Kier alpha value is 0.200. The molecule has 8 heterocycles. The van der Waals surface area contributed by atoms with Crippen molar-refractivity contribution in [1.29, 1.82) is 0 Å². The lowest BCUT2D eigenvalue weighted by Crippen LogP contribution is -1.92. The van der Waals surface area contributed by atoms with E-state index >= 15 is 0 Å². The van der Waals surface area contributed by atoms with E-state index in [-0.39, 0.29) is 0 Å². The van der Waals surface area contributed by atoms with E-state index in [4.69, 9.17) is 0 Å². The highest BCUT2D eigenvalue weighted by Crippen LogP contribution is 2.34. The van der Waals surface area contributed by atoms with E-state index in [0.717, 1.165) is 46.0 Å². The van der Waals surface area contributed by atoms with Gasteiger partial charge in [-0.2, -0.15) is 47.0 Å². The number of benzene rings is 4. The normalized spacial score (nSPS) is 15.3. The fraction of sp³-hybridized carbons (Fsp3) is 0.250. The Kier molecular flexibility index (Phi) is 12.5. The number of rotatable bonds is 0. The lowest BCUT2D eigenvalue weighted by Gasteiger charge is -2.12. The number of hydrogen-bond acceptors (Lipinski definition) is 4. The second-order valence-electron chi connectivity index (χ2n) is 9.67. The molecule has 4 aromatic rings. The lowest BCUT2D eigenvalue weighted by molar-refractivity contribution is 1.27. The van der Waals surface area contributed by atoms with E-state index in [9.17, 15) is 0 Å². The number of halogens is 4. The highest BCUT2D eigenvalue weighted by Gasteiger charge is 2.10. The first-order valence-corrected chi connectivity index (χ1v) is 20.6. The SMILES string of the molecule is Brc1cc2c(Br)cc1CSCc1ccc(cc1)CSC2.Brc1cc2c(Br)cc1CSCc1ccc(cc1)CSC2. The van der Waals surface area contributed by atoms with Gasteiger partial charge in [0.2, 0.25) is 0 Å². The zero-order valence-electron chi connectivity index (χ0n) is 21.7. The fourth-order valence-corrected chi connectivity index (χ4v) is 11.1. The molecule has 0 N–H and O–H groups in total. The summed E-state index contributed by atoms with van der Waals surface area (Å²) in [5.41, 5.74) is 11.1. The van der Waals surface area contributed by atoms with Crippen molar-refractivity contribution in [2.45, 2.75) is 46.0 Å². The van der Waals surface area contributed by atoms with Crippen LogP contribution in [0.1, 0.15) is 44.5 Å². The summed E-state index contributed by atoms with van der Waals surface area (Å²) in [4.78, 5) is 0. The summed E-state index contributed by atoms with van der Waals surface area (Å²) in [6, 6.07) is 27.2. The number of hydrogen-bond donors (Lipinski definition) is 0. The zero-order valence-corrected chi connectivity index (χ0v) is 31.3. The Bertz CT molecular complexity index is 1220. The van der Waals surface area contributed by atoms with Crippen molar-refractivity contribution in [3.05, 3.63) is 135 Å². The van der Waals surface area contributed by atoms with Crippen LogP contribution in [0.25, 0.3) is 0 Å². The van der Waals surface area contributed by atoms with Crippen LogP contribution < -0.4 is 0 Å². The smallest absolute Gasteiger partial charge is 0.0219 e. The van der Waals surface area contributed by atoms with Crippen molar-refractivity contribution in [2.24, 2.45) is 0 Å². The van der Waals surface area contributed by atoms with Gasteiger partial charge in [0.05, 0.1) is 0 Å². The Balaban J connectivity index is 0.000000161. The Morgan fingerprint density at radius 1 is 0.325 bits per heavy atom. The van der Waals surface area contributed by atoms with Crippen LogP contribution in [-0.2, 0) is 46.0 Å².